The van der Waals surface area contributed by atoms with E-state index in [1.807, 2.05) is 35.1 Å². The van der Waals surface area contributed by atoms with Crippen molar-refractivity contribution in [3.63, 3.8) is 0 Å². The fourth-order valence-corrected chi connectivity index (χ4v) is 3.01. The highest BCUT2D eigenvalue weighted by atomic mass is 15.2. The number of fused-ring (bicyclic) bond motifs is 2. The maximum atomic E-state index is 4.44. The first kappa shape index (κ1) is 14.6. The van der Waals surface area contributed by atoms with Gasteiger partial charge in [-0.25, -0.2) is 9.97 Å². The highest BCUT2D eigenvalue weighted by Gasteiger charge is 2.06. The quantitative estimate of drug-likeness (QED) is 0.544. The van der Waals surface area contributed by atoms with E-state index < -0.39 is 0 Å². The fraction of sp³-hybridized carbons (Fsp3) is 0.0526. The molecule has 5 rings (SSSR count). The molecule has 2 aromatic carbocycles. The first-order valence-electron chi connectivity index (χ1n) is 8.28. The standard InChI is InChI=1S/C19H15N7/c1-2-4-17-16(3-1)22-12-26(17)15-7-5-14(6-8-15)11-21-18-19-24-23-13-25(19)10-9-20-18/h1-10,12-13H,11H2,(H,20,21). The van der Waals surface area contributed by atoms with Gasteiger partial charge in [-0.2, -0.15) is 0 Å². The maximum Gasteiger partial charge on any atom is 0.203 e. The average Bonchev–Trinajstić information content (AvgIpc) is 3.34. The van der Waals surface area contributed by atoms with Crippen LogP contribution in [-0.2, 0) is 6.54 Å². The Morgan fingerprint density at radius 3 is 2.73 bits per heavy atom. The molecule has 0 radical (unpaired) electrons. The van der Waals surface area contributed by atoms with Gasteiger partial charge in [0.15, 0.2) is 5.82 Å². The minimum absolute atomic E-state index is 0.657. The smallest absolute Gasteiger partial charge is 0.203 e. The highest BCUT2D eigenvalue weighted by Crippen LogP contribution is 2.19. The van der Waals surface area contributed by atoms with Crippen molar-refractivity contribution in [3.05, 3.63) is 79.1 Å². The number of anilines is 1. The minimum atomic E-state index is 0.657. The summed E-state index contributed by atoms with van der Waals surface area (Å²) in [6.45, 7) is 0.657. The lowest BCUT2D eigenvalue weighted by Crippen LogP contribution is -2.03. The molecule has 0 fully saturated rings. The monoisotopic (exact) mass is 341 g/mol. The number of benzene rings is 2. The second-order valence-electron chi connectivity index (χ2n) is 5.96. The third kappa shape index (κ3) is 2.46. The normalized spacial score (nSPS) is 11.2. The van der Waals surface area contributed by atoms with Gasteiger partial charge < -0.3 is 5.32 Å². The van der Waals surface area contributed by atoms with Crippen molar-refractivity contribution in [2.24, 2.45) is 0 Å². The number of rotatable bonds is 4. The summed E-state index contributed by atoms with van der Waals surface area (Å²) in [5, 5.41) is 11.3. The molecule has 26 heavy (non-hydrogen) atoms. The van der Waals surface area contributed by atoms with E-state index in [0.29, 0.717) is 12.2 Å². The van der Waals surface area contributed by atoms with Crippen molar-refractivity contribution in [1.82, 2.24) is 29.1 Å². The van der Waals surface area contributed by atoms with Crippen molar-refractivity contribution >= 4 is 22.5 Å². The summed E-state index contributed by atoms with van der Waals surface area (Å²) >= 11 is 0. The van der Waals surface area contributed by atoms with Gasteiger partial charge >= 0.3 is 0 Å². The lowest BCUT2D eigenvalue weighted by molar-refractivity contribution is 1.06. The van der Waals surface area contributed by atoms with Crippen molar-refractivity contribution in [2.45, 2.75) is 6.54 Å². The molecule has 3 aromatic heterocycles. The third-order valence-electron chi connectivity index (χ3n) is 4.34. The zero-order chi connectivity index (χ0) is 17.3. The molecule has 1 N–H and O–H groups in total. The Morgan fingerprint density at radius 2 is 1.81 bits per heavy atom. The van der Waals surface area contributed by atoms with E-state index in [4.69, 9.17) is 0 Å². The summed E-state index contributed by atoms with van der Waals surface area (Å²) in [4.78, 5) is 8.78. The number of para-hydroxylation sites is 2. The summed E-state index contributed by atoms with van der Waals surface area (Å²) in [7, 11) is 0. The molecular formula is C19H15N7. The number of hydrogen-bond donors (Lipinski definition) is 1. The van der Waals surface area contributed by atoms with Crippen LogP contribution in [0.5, 0.6) is 0 Å². The van der Waals surface area contributed by atoms with E-state index in [1.54, 1.807) is 12.5 Å². The van der Waals surface area contributed by atoms with E-state index in [-0.39, 0.29) is 0 Å². The lowest BCUT2D eigenvalue weighted by atomic mass is 10.2. The Bertz CT molecular complexity index is 1190. The van der Waals surface area contributed by atoms with Crippen LogP contribution in [-0.4, -0.2) is 29.1 Å². The van der Waals surface area contributed by atoms with Crippen LogP contribution in [0.2, 0.25) is 0 Å². The van der Waals surface area contributed by atoms with Gasteiger partial charge in [0.05, 0.1) is 11.0 Å². The fourth-order valence-electron chi connectivity index (χ4n) is 3.01. The van der Waals surface area contributed by atoms with Crippen molar-refractivity contribution in [1.29, 1.82) is 0 Å². The molecule has 126 valence electrons. The molecule has 0 unspecified atom stereocenters. The predicted molar refractivity (Wildman–Crippen MR) is 99.2 cm³/mol. The number of aromatic nitrogens is 6. The van der Waals surface area contributed by atoms with Crippen LogP contribution < -0.4 is 5.32 Å². The lowest BCUT2D eigenvalue weighted by Gasteiger charge is -2.08. The van der Waals surface area contributed by atoms with E-state index >= 15 is 0 Å². The van der Waals surface area contributed by atoms with E-state index in [0.717, 1.165) is 28.1 Å². The first-order valence-corrected chi connectivity index (χ1v) is 8.28. The summed E-state index contributed by atoms with van der Waals surface area (Å²) in [5.41, 5.74) is 5.04. The largest absolute Gasteiger partial charge is 0.363 e. The summed E-state index contributed by atoms with van der Waals surface area (Å²) < 4.78 is 3.92. The Morgan fingerprint density at radius 1 is 0.923 bits per heavy atom. The highest BCUT2D eigenvalue weighted by molar-refractivity contribution is 5.77. The summed E-state index contributed by atoms with van der Waals surface area (Å²) in [6.07, 6.45) is 7.07. The van der Waals surface area contributed by atoms with Gasteiger partial charge in [-0.1, -0.05) is 24.3 Å². The second kappa shape index (κ2) is 5.96. The van der Waals surface area contributed by atoms with Crippen LogP contribution in [0.15, 0.2) is 73.6 Å². The SMILES string of the molecule is c1ccc2c(c1)ncn2-c1ccc(CNc2nccn3cnnc23)cc1. The summed E-state index contributed by atoms with van der Waals surface area (Å²) in [6, 6.07) is 16.5. The van der Waals surface area contributed by atoms with Gasteiger partial charge in [0.2, 0.25) is 5.65 Å². The van der Waals surface area contributed by atoms with Crippen LogP contribution in [0.3, 0.4) is 0 Å². The van der Waals surface area contributed by atoms with E-state index in [1.165, 1.54) is 0 Å². The number of nitrogens with one attached hydrogen (secondary N) is 1. The van der Waals surface area contributed by atoms with Crippen LogP contribution in [0, 0.1) is 0 Å². The molecule has 0 aliphatic carbocycles. The molecule has 7 nitrogen and oxygen atoms in total. The molecule has 0 aliphatic heterocycles. The van der Waals surface area contributed by atoms with Crippen molar-refractivity contribution in [2.75, 3.05) is 5.32 Å². The molecule has 7 heteroatoms. The Balaban J connectivity index is 1.38. The molecule has 0 spiro atoms. The molecule has 0 amide bonds. The van der Waals surface area contributed by atoms with Gasteiger partial charge in [0, 0.05) is 24.6 Å². The first-order chi connectivity index (χ1) is 12.9. The van der Waals surface area contributed by atoms with Crippen LogP contribution in [0.25, 0.3) is 22.4 Å². The van der Waals surface area contributed by atoms with Crippen molar-refractivity contribution in [3.8, 4) is 5.69 Å². The maximum absolute atomic E-state index is 4.44. The average molecular weight is 341 g/mol. The van der Waals surface area contributed by atoms with E-state index in [2.05, 4.69) is 60.4 Å². The van der Waals surface area contributed by atoms with Crippen LogP contribution in [0.1, 0.15) is 5.56 Å². The van der Waals surface area contributed by atoms with Crippen molar-refractivity contribution < 1.29 is 0 Å². The third-order valence-corrected chi connectivity index (χ3v) is 4.34. The molecule has 0 saturated heterocycles. The Hall–Kier alpha value is -3.74. The Kier molecular flexibility index (Phi) is 3.35. The number of hydrogen-bond acceptors (Lipinski definition) is 5. The van der Waals surface area contributed by atoms with Gasteiger partial charge in [-0.15, -0.1) is 10.2 Å². The Labute approximate surface area is 149 Å². The predicted octanol–water partition coefficient (Wildman–Crippen LogP) is 3.08. The number of imidazole rings is 1. The zero-order valence-corrected chi connectivity index (χ0v) is 13.8. The van der Waals surface area contributed by atoms with Gasteiger partial charge in [-0.05, 0) is 29.8 Å². The second-order valence-corrected chi connectivity index (χ2v) is 5.96. The molecule has 5 aromatic rings. The van der Waals surface area contributed by atoms with E-state index in [9.17, 15) is 0 Å². The topological polar surface area (TPSA) is 72.9 Å². The molecule has 0 atom stereocenters. The molecule has 0 aliphatic rings. The minimum Gasteiger partial charge on any atom is -0.363 e. The molecule has 0 bridgehead atoms. The van der Waals surface area contributed by atoms with Gasteiger partial charge in [0.25, 0.3) is 0 Å². The zero-order valence-electron chi connectivity index (χ0n) is 13.8. The van der Waals surface area contributed by atoms with Gasteiger partial charge in [-0.3, -0.25) is 8.97 Å². The van der Waals surface area contributed by atoms with Crippen LogP contribution >= 0.6 is 0 Å². The number of nitrogens with zero attached hydrogens (tertiary/aromatic N) is 6. The molecule has 3 heterocycles. The van der Waals surface area contributed by atoms with Gasteiger partial charge in [0.1, 0.15) is 12.7 Å². The summed E-state index contributed by atoms with van der Waals surface area (Å²) in [5.74, 6) is 0.717. The van der Waals surface area contributed by atoms with Crippen LogP contribution in [0.4, 0.5) is 5.82 Å². The molecular weight excluding hydrogens is 326 g/mol. The molecule has 0 saturated carbocycles.